The van der Waals surface area contributed by atoms with Gasteiger partial charge in [-0.1, -0.05) is 6.92 Å². The van der Waals surface area contributed by atoms with Crippen LogP contribution in [0.2, 0.25) is 0 Å². The normalized spacial score (nSPS) is 12.9. The molecule has 2 heteroatoms. The van der Waals surface area contributed by atoms with E-state index in [4.69, 9.17) is 5.41 Å². The zero-order chi connectivity index (χ0) is 11.1. The zero-order valence-corrected chi connectivity index (χ0v) is 9.48. The molecule has 0 saturated carbocycles. The second kappa shape index (κ2) is 6.30. The summed E-state index contributed by atoms with van der Waals surface area (Å²) in [6.07, 6.45) is 4.92. The summed E-state index contributed by atoms with van der Waals surface area (Å²) >= 11 is 0. The Hall–Kier alpha value is -1.18. The summed E-state index contributed by atoms with van der Waals surface area (Å²) in [5.74, 6) is 0.167. The number of hydrogen-bond donors (Lipinski definition) is 1. The molecular weight excluding hydrogens is 174 g/mol. The lowest BCUT2D eigenvalue weighted by Gasteiger charge is -2.00. The van der Waals surface area contributed by atoms with E-state index in [0.29, 0.717) is 12.1 Å². The first-order valence-corrected chi connectivity index (χ1v) is 4.92. The van der Waals surface area contributed by atoms with Crippen molar-refractivity contribution in [2.24, 2.45) is 0 Å². The fourth-order valence-electron chi connectivity index (χ4n) is 1.11. The van der Waals surface area contributed by atoms with Gasteiger partial charge in [-0.25, -0.2) is 0 Å². The summed E-state index contributed by atoms with van der Waals surface area (Å²) < 4.78 is 0. The molecule has 0 atom stereocenters. The van der Waals surface area contributed by atoms with Crippen LogP contribution < -0.4 is 0 Å². The maximum absolute atomic E-state index is 11.3. The number of carbonyl (C=O) groups excluding carboxylic acids is 1. The molecule has 0 aliphatic rings. The van der Waals surface area contributed by atoms with Gasteiger partial charge in [-0.05, 0) is 50.5 Å². The van der Waals surface area contributed by atoms with Crippen LogP contribution in [0, 0.1) is 5.41 Å². The average molecular weight is 193 g/mol. The maximum Gasteiger partial charge on any atom is 0.155 e. The van der Waals surface area contributed by atoms with Crippen molar-refractivity contribution in [1.29, 1.82) is 5.41 Å². The van der Waals surface area contributed by atoms with E-state index in [1.165, 1.54) is 0 Å². The Morgan fingerprint density at radius 1 is 1.14 bits per heavy atom. The van der Waals surface area contributed by atoms with Crippen LogP contribution in [0.15, 0.2) is 23.3 Å². The van der Waals surface area contributed by atoms with Gasteiger partial charge in [0, 0.05) is 12.1 Å². The number of ketones is 1. The van der Waals surface area contributed by atoms with E-state index in [-0.39, 0.29) is 5.78 Å². The molecule has 78 valence electrons. The number of rotatable bonds is 5. The number of allylic oxidation sites excluding steroid dienone is 4. The van der Waals surface area contributed by atoms with Crippen LogP contribution in [0.4, 0.5) is 0 Å². The molecule has 2 nitrogen and oxygen atoms in total. The third kappa shape index (κ3) is 5.46. The molecule has 0 fully saturated rings. The second-order valence-electron chi connectivity index (χ2n) is 3.55. The van der Waals surface area contributed by atoms with E-state index in [9.17, 15) is 4.79 Å². The lowest BCUT2D eigenvalue weighted by atomic mass is 10.1. The first-order chi connectivity index (χ1) is 6.47. The van der Waals surface area contributed by atoms with Crippen molar-refractivity contribution in [2.45, 2.75) is 40.5 Å². The van der Waals surface area contributed by atoms with E-state index in [1.807, 2.05) is 20.8 Å². The van der Waals surface area contributed by atoms with Crippen LogP contribution >= 0.6 is 0 Å². The fourth-order valence-corrected chi connectivity index (χ4v) is 1.11. The largest absolute Gasteiger partial charge is 0.306 e. The molecule has 0 spiro atoms. The highest BCUT2D eigenvalue weighted by atomic mass is 16.1. The summed E-state index contributed by atoms with van der Waals surface area (Å²) in [5.41, 5.74) is 2.45. The lowest BCUT2D eigenvalue weighted by Crippen LogP contribution is -1.94. The van der Waals surface area contributed by atoms with Crippen molar-refractivity contribution in [3.05, 3.63) is 23.3 Å². The van der Waals surface area contributed by atoms with Gasteiger partial charge < -0.3 is 5.41 Å². The van der Waals surface area contributed by atoms with Crippen LogP contribution in [0.5, 0.6) is 0 Å². The van der Waals surface area contributed by atoms with Gasteiger partial charge in [0.1, 0.15) is 0 Å². The average Bonchev–Trinajstić information content (AvgIpc) is 2.02. The van der Waals surface area contributed by atoms with E-state index in [2.05, 4.69) is 0 Å². The Balaban J connectivity index is 4.52. The van der Waals surface area contributed by atoms with Crippen molar-refractivity contribution < 1.29 is 4.79 Å². The Morgan fingerprint density at radius 3 is 2.07 bits per heavy atom. The van der Waals surface area contributed by atoms with E-state index in [1.54, 1.807) is 19.1 Å². The third-order valence-corrected chi connectivity index (χ3v) is 1.93. The summed E-state index contributed by atoms with van der Waals surface area (Å²) in [6, 6.07) is 0. The predicted molar refractivity (Wildman–Crippen MR) is 60.8 cm³/mol. The molecule has 0 rings (SSSR count). The Bertz CT molecular complexity index is 285. The van der Waals surface area contributed by atoms with Crippen molar-refractivity contribution >= 4 is 11.5 Å². The molecule has 0 aromatic rings. The van der Waals surface area contributed by atoms with Crippen LogP contribution in [0.25, 0.3) is 0 Å². The fraction of sp³-hybridized carbons (Fsp3) is 0.500. The van der Waals surface area contributed by atoms with Gasteiger partial charge in [0.05, 0.1) is 0 Å². The molecule has 0 amide bonds. The highest BCUT2D eigenvalue weighted by molar-refractivity contribution is 5.93. The SMILES string of the molecule is CCCC(=O)/C=C(C)/C(C)=C/C(C)=N. The minimum atomic E-state index is 0.167. The smallest absolute Gasteiger partial charge is 0.155 e. The third-order valence-electron chi connectivity index (χ3n) is 1.93. The van der Waals surface area contributed by atoms with Gasteiger partial charge in [-0.15, -0.1) is 0 Å². The molecular formula is C12H19NO. The molecule has 0 heterocycles. The maximum atomic E-state index is 11.3. The minimum absolute atomic E-state index is 0.167. The molecule has 14 heavy (non-hydrogen) atoms. The van der Waals surface area contributed by atoms with Crippen molar-refractivity contribution in [3.8, 4) is 0 Å². The summed E-state index contributed by atoms with van der Waals surface area (Å²) in [6.45, 7) is 7.54. The highest BCUT2D eigenvalue weighted by Gasteiger charge is 1.98. The molecule has 0 aromatic carbocycles. The van der Waals surface area contributed by atoms with Crippen molar-refractivity contribution in [3.63, 3.8) is 0 Å². The van der Waals surface area contributed by atoms with E-state index >= 15 is 0 Å². The Kier molecular flexibility index (Phi) is 5.77. The standard InChI is InChI=1S/C12H19NO/c1-5-6-12(14)8-10(3)9(2)7-11(4)13/h7-8,13H,5-6H2,1-4H3/b9-7+,10-8+,13-11?. The molecule has 0 bridgehead atoms. The van der Waals surface area contributed by atoms with Crippen LogP contribution in [-0.2, 0) is 4.79 Å². The first-order valence-electron chi connectivity index (χ1n) is 4.92. The summed E-state index contributed by atoms with van der Waals surface area (Å²) in [7, 11) is 0. The van der Waals surface area contributed by atoms with Crippen LogP contribution in [0.1, 0.15) is 40.5 Å². The van der Waals surface area contributed by atoms with Crippen molar-refractivity contribution in [1.82, 2.24) is 0 Å². The van der Waals surface area contributed by atoms with Gasteiger partial charge in [0.25, 0.3) is 0 Å². The Labute approximate surface area is 86.2 Å². The molecule has 0 saturated heterocycles. The number of hydrogen-bond acceptors (Lipinski definition) is 2. The van der Waals surface area contributed by atoms with Crippen LogP contribution in [0.3, 0.4) is 0 Å². The van der Waals surface area contributed by atoms with Gasteiger partial charge in [0.15, 0.2) is 5.78 Å². The number of nitrogens with one attached hydrogen (secondary N) is 1. The zero-order valence-electron chi connectivity index (χ0n) is 9.48. The molecule has 0 aliphatic carbocycles. The molecule has 1 N–H and O–H groups in total. The molecule has 0 unspecified atom stereocenters. The van der Waals surface area contributed by atoms with E-state index in [0.717, 1.165) is 17.6 Å². The molecule has 0 aliphatic heterocycles. The predicted octanol–water partition coefficient (Wildman–Crippen LogP) is 3.29. The highest BCUT2D eigenvalue weighted by Crippen LogP contribution is 2.09. The lowest BCUT2D eigenvalue weighted by molar-refractivity contribution is -0.114. The van der Waals surface area contributed by atoms with E-state index < -0.39 is 0 Å². The number of carbonyl (C=O) groups is 1. The second-order valence-corrected chi connectivity index (χ2v) is 3.55. The van der Waals surface area contributed by atoms with Gasteiger partial charge in [0.2, 0.25) is 0 Å². The monoisotopic (exact) mass is 193 g/mol. The summed E-state index contributed by atoms with van der Waals surface area (Å²) in [5, 5.41) is 7.29. The molecule has 0 aromatic heterocycles. The first kappa shape index (κ1) is 12.8. The van der Waals surface area contributed by atoms with Gasteiger partial charge >= 0.3 is 0 Å². The minimum Gasteiger partial charge on any atom is -0.306 e. The van der Waals surface area contributed by atoms with Gasteiger partial charge in [-0.2, -0.15) is 0 Å². The quantitative estimate of drug-likeness (QED) is 0.406. The van der Waals surface area contributed by atoms with Crippen LogP contribution in [-0.4, -0.2) is 11.5 Å². The van der Waals surface area contributed by atoms with Gasteiger partial charge in [-0.3, -0.25) is 4.79 Å². The summed E-state index contributed by atoms with van der Waals surface area (Å²) in [4.78, 5) is 11.3. The molecule has 0 radical (unpaired) electrons. The topological polar surface area (TPSA) is 40.9 Å². The van der Waals surface area contributed by atoms with Crippen molar-refractivity contribution in [2.75, 3.05) is 0 Å². The Morgan fingerprint density at radius 2 is 1.64 bits per heavy atom.